The van der Waals surface area contributed by atoms with Gasteiger partial charge in [0.2, 0.25) is 0 Å². The van der Waals surface area contributed by atoms with Crippen molar-refractivity contribution in [1.82, 2.24) is 5.32 Å². The molecule has 0 spiro atoms. The second-order valence-electron chi connectivity index (χ2n) is 8.90. The molecule has 8 heteroatoms. The molecular weight excluding hydrogens is 390 g/mol. The third kappa shape index (κ3) is 3.05. The molecule has 2 bridgehead atoms. The number of fused-ring (bicyclic) bond motifs is 4. The summed E-state index contributed by atoms with van der Waals surface area (Å²) < 4.78 is 18.0. The summed E-state index contributed by atoms with van der Waals surface area (Å²) in [6.07, 6.45) is 3.64. The number of carbonyl (C=O) groups is 3. The molecule has 0 aromatic rings. The molecular formula is C22H27NO7. The van der Waals surface area contributed by atoms with Crippen molar-refractivity contribution in [3.63, 3.8) is 0 Å². The van der Waals surface area contributed by atoms with Gasteiger partial charge < -0.3 is 24.6 Å². The van der Waals surface area contributed by atoms with Gasteiger partial charge >= 0.3 is 0 Å². The highest BCUT2D eigenvalue weighted by atomic mass is 16.8. The molecule has 4 rings (SSSR count). The molecule has 0 aromatic heterocycles. The molecule has 4 aliphatic heterocycles. The lowest BCUT2D eigenvalue weighted by atomic mass is 9.78. The van der Waals surface area contributed by atoms with E-state index in [4.69, 9.17) is 14.2 Å². The van der Waals surface area contributed by atoms with Crippen molar-refractivity contribution < 1.29 is 33.7 Å². The summed E-state index contributed by atoms with van der Waals surface area (Å²) in [7, 11) is 0. The van der Waals surface area contributed by atoms with Crippen LogP contribution in [0, 0.1) is 11.8 Å². The van der Waals surface area contributed by atoms with Crippen LogP contribution in [0.25, 0.3) is 0 Å². The number of ketones is 2. The number of Topliss-reactive ketones (excluding diaryl/α,β-unsaturated/α-hetero) is 2. The zero-order valence-electron chi connectivity index (χ0n) is 17.7. The van der Waals surface area contributed by atoms with E-state index >= 15 is 0 Å². The van der Waals surface area contributed by atoms with Gasteiger partial charge in [0, 0.05) is 11.8 Å². The van der Waals surface area contributed by atoms with Crippen LogP contribution in [0.2, 0.25) is 0 Å². The predicted molar refractivity (Wildman–Crippen MR) is 105 cm³/mol. The van der Waals surface area contributed by atoms with Crippen molar-refractivity contribution in [2.75, 3.05) is 6.54 Å². The number of amides is 1. The number of ether oxygens (including phenoxy) is 3. The molecule has 2 N–H and O–H groups in total. The number of rotatable bonds is 4. The summed E-state index contributed by atoms with van der Waals surface area (Å²) in [6, 6.07) is 0. The third-order valence-electron chi connectivity index (χ3n) is 6.67. The van der Waals surface area contributed by atoms with Gasteiger partial charge in [0.25, 0.3) is 5.91 Å². The molecule has 7 atom stereocenters. The van der Waals surface area contributed by atoms with E-state index in [0.29, 0.717) is 0 Å². The first-order valence-corrected chi connectivity index (χ1v) is 10.2. The van der Waals surface area contributed by atoms with Gasteiger partial charge in [0.05, 0.1) is 12.6 Å². The van der Waals surface area contributed by atoms with E-state index < -0.39 is 35.3 Å². The molecule has 8 nitrogen and oxygen atoms in total. The molecule has 0 unspecified atom stereocenters. The largest absolute Gasteiger partial charge is 0.507 e. The van der Waals surface area contributed by atoms with E-state index in [2.05, 4.69) is 5.32 Å². The van der Waals surface area contributed by atoms with Crippen LogP contribution in [0.4, 0.5) is 0 Å². The zero-order chi connectivity index (χ0) is 22.0. The Kier molecular flexibility index (Phi) is 4.80. The van der Waals surface area contributed by atoms with Gasteiger partial charge in [-0.1, -0.05) is 31.6 Å². The summed E-state index contributed by atoms with van der Waals surface area (Å²) in [4.78, 5) is 36.0. The monoisotopic (exact) mass is 417 g/mol. The Hall–Kier alpha value is -2.29. The van der Waals surface area contributed by atoms with Gasteiger partial charge in [-0.15, -0.1) is 0 Å². The van der Waals surface area contributed by atoms with Crippen molar-refractivity contribution in [3.8, 4) is 0 Å². The van der Waals surface area contributed by atoms with Crippen molar-refractivity contribution >= 4 is 17.5 Å². The second kappa shape index (κ2) is 6.87. The Balaban J connectivity index is 1.51. The van der Waals surface area contributed by atoms with Gasteiger partial charge in [0.1, 0.15) is 17.4 Å². The Morgan fingerprint density at radius 3 is 2.53 bits per heavy atom. The van der Waals surface area contributed by atoms with Crippen LogP contribution in [0.15, 0.2) is 35.1 Å². The van der Waals surface area contributed by atoms with Crippen molar-refractivity contribution in [3.05, 3.63) is 35.1 Å². The highest BCUT2D eigenvalue weighted by Gasteiger charge is 2.76. The maximum absolute atomic E-state index is 12.7. The quantitative estimate of drug-likeness (QED) is 0.234. The Labute approximate surface area is 174 Å². The van der Waals surface area contributed by atoms with E-state index in [-0.39, 0.29) is 41.6 Å². The first-order chi connectivity index (χ1) is 14.0. The molecule has 4 fully saturated rings. The first kappa shape index (κ1) is 21.0. The van der Waals surface area contributed by atoms with E-state index in [1.807, 2.05) is 40.7 Å². The average Bonchev–Trinajstić information content (AvgIpc) is 3.29. The minimum Gasteiger partial charge on any atom is -0.507 e. The number of aliphatic hydroxyl groups excluding tert-OH is 1. The maximum atomic E-state index is 12.7. The van der Waals surface area contributed by atoms with Crippen LogP contribution >= 0.6 is 0 Å². The summed E-state index contributed by atoms with van der Waals surface area (Å²) in [5.41, 5.74) is -0.167. The van der Waals surface area contributed by atoms with E-state index in [9.17, 15) is 19.5 Å². The number of hydrogen-bond donors (Lipinski definition) is 2. The molecule has 4 aliphatic rings. The molecule has 0 aliphatic carbocycles. The van der Waals surface area contributed by atoms with Crippen LogP contribution in [-0.4, -0.2) is 58.8 Å². The Bertz CT molecular complexity index is 900. The molecule has 0 aromatic carbocycles. The number of aliphatic hydroxyl groups is 1. The zero-order valence-corrected chi connectivity index (χ0v) is 17.7. The topological polar surface area (TPSA) is 114 Å². The van der Waals surface area contributed by atoms with Crippen LogP contribution in [-0.2, 0) is 28.6 Å². The maximum Gasteiger partial charge on any atom is 0.259 e. The van der Waals surface area contributed by atoms with Crippen LogP contribution < -0.4 is 5.32 Å². The summed E-state index contributed by atoms with van der Waals surface area (Å²) in [5, 5.41) is 12.5. The Morgan fingerprint density at radius 2 is 1.90 bits per heavy atom. The highest BCUT2D eigenvalue weighted by Crippen LogP contribution is 2.57. The van der Waals surface area contributed by atoms with Gasteiger partial charge in [-0.25, -0.2) is 0 Å². The normalized spacial score (nSPS) is 43.5. The van der Waals surface area contributed by atoms with Crippen LogP contribution in [0.5, 0.6) is 0 Å². The predicted octanol–water partition coefficient (Wildman–Crippen LogP) is 1.51. The summed E-state index contributed by atoms with van der Waals surface area (Å²) in [6.45, 7) is 9.34. The minimum atomic E-state index is -0.988. The van der Waals surface area contributed by atoms with Gasteiger partial charge in [-0.3, -0.25) is 14.4 Å². The third-order valence-corrected chi connectivity index (χ3v) is 6.67. The van der Waals surface area contributed by atoms with Gasteiger partial charge in [-0.05, 0) is 26.8 Å². The number of epoxide rings is 1. The lowest BCUT2D eigenvalue weighted by Crippen LogP contribution is -2.66. The SMILES string of the molecule is CC(/C=C/C(O)=C1/C(=O)CNC1=O)=C\[C@@H](C)[C@H]1O[C@@]2(C)O[C@H](C(=O)[C@H]3O[C@]32C)[C@@H]1C. The van der Waals surface area contributed by atoms with Crippen molar-refractivity contribution in [2.24, 2.45) is 11.8 Å². The summed E-state index contributed by atoms with van der Waals surface area (Å²) >= 11 is 0. The Morgan fingerprint density at radius 1 is 1.20 bits per heavy atom. The molecule has 1 amide bonds. The highest BCUT2D eigenvalue weighted by molar-refractivity contribution is 6.25. The molecule has 0 radical (unpaired) electrons. The van der Waals surface area contributed by atoms with Crippen molar-refractivity contribution in [1.29, 1.82) is 0 Å². The fourth-order valence-corrected chi connectivity index (χ4v) is 4.67. The fourth-order valence-electron chi connectivity index (χ4n) is 4.67. The van der Waals surface area contributed by atoms with Crippen molar-refractivity contribution in [2.45, 2.75) is 64.3 Å². The molecule has 0 saturated carbocycles. The number of nitrogens with one attached hydrogen (secondary N) is 1. The fraction of sp³-hybridized carbons (Fsp3) is 0.591. The molecule has 30 heavy (non-hydrogen) atoms. The van der Waals surface area contributed by atoms with Gasteiger partial charge in [-0.2, -0.15) is 0 Å². The lowest BCUT2D eigenvalue weighted by molar-refractivity contribution is -0.350. The van der Waals surface area contributed by atoms with Crippen LogP contribution in [0.1, 0.15) is 34.6 Å². The van der Waals surface area contributed by atoms with E-state index in [0.717, 1.165) is 5.57 Å². The molecule has 4 saturated heterocycles. The average molecular weight is 417 g/mol. The smallest absolute Gasteiger partial charge is 0.259 e. The number of hydrogen-bond acceptors (Lipinski definition) is 7. The summed E-state index contributed by atoms with van der Waals surface area (Å²) in [5.74, 6) is -2.59. The van der Waals surface area contributed by atoms with Crippen LogP contribution in [0.3, 0.4) is 0 Å². The molecule has 4 heterocycles. The first-order valence-electron chi connectivity index (χ1n) is 10.2. The molecule has 162 valence electrons. The number of carbonyl (C=O) groups excluding carboxylic acids is 3. The van der Waals surface area contributed by atoms with Gasteiger partial charge in [0.15, 0.2) is 29.1 Å². The van der Waals surface area contributed by atoms with E-state index in [1.165, 1.54) is 6.08 Å². The minimum absolute atomic E-state index is 0.0281. The lowest BCUT2D eigenvalue weighted by Gasteiger charge is -2.51. The standard InChI is InChI=1S/C22H27NO7/c1-10(6-7-13(24)15-14(25)9-23-20(15)27)8-11(2)17-12(3)18-16(26)19-21(4,30-19)22(5,28-17)29-18/h6-8,11-12,17-19,24H,9H2,1-5H3,(H,23,27)/b7-6+,10-8+,15-13+/t11-,12-,17-,18+,19-,21-,22+/m1/s1. The van der Waals surface area contributed by atoms with E-state index in [1.54, 1.807) is 6.08 Å². The second-order valence-corrected chi connectivity index (χ2v) is 8.90. The number of allylic oxidation sites excluding steroid dienone is 3.